The zero-order valence-electron chi connectivity index (χ0n) is 12.6. The molecule has 110 valence electrons. The van der Waals surface area contributed by atoms with Crippen LogP contribution in [0, 0.1) is 11.3 Å². The molecule has 1 fully saturated rings. The molecule has 0 saturated carbocycles. The quantitative estimate of drug-likeness (QED) is 0.641. The molecular weight excluding hydrogens is 250 g/mol. The van der Waals surface area contributed by atoms with E-state index >= 15 is 0 Å². The number of rotatable bonds is 5. The monoisotopic (exact) mass is 275 g/mol. The molecule has 0 aliphatic carbocycles. The van der Waals surface area contributed by atoms with E-state index in [4.69, 9.17) is 15.9 Å². The Morgan fingerprint density at radius 2 is 2.25 bits per heavy atom. The molecule has 1 unspecified atom stereocenters. The van der Waals surface area contributed by atoms with Gasteiger partial charge in [0, 0.05) is 12.6 Å². The summed E-state index contributed by atoms with van der Waals surface area (Å²) in [5, 5.41) is 7.55. The normalized spacial score (nSPS) is 19.5. The van der Waals surface area contributed by atoms with Gasteiger partial charge in [-0.2, -0.15) is 0 Å². The molecule has 4 heteroatoms. The Kier molecular flexibility index (Phi) is 4.65. The maximum absolute atomic E-state index is 7.55. The lowest BCUT2D eigenvalue weighted by molar-refractivity contribution is 0.198. The van der Waals surface area contributed by atoms with Crippen LogP contribution in [0.1, 0.15) is 37.8 Å². The highest BCUT2D eigenvalue weighted by Gasteiger charge is 2.26. The van der Waals surface area contributed by atoms with Gasteiger partial charge in [0.2, 0.25) is 0 Å². The summed E-state index contributed by atoms with van der Waals surface area (Å²) in [4.78, 5) is 2.55. The molecule has 0 radical (unpaired) electrons. The van der Waals surface area contributed by atoms with Gasteiger partial charge in [-0.25, -0.2) is 0 Å². The number of ether oxygens (including phenoxy) is 1. The van der Waals surface area contributed by atoms with E-state index in [9.17, 15) is 0 Å². The smallest absolute Gasteiger partial charge is 0.130 e. The molecule has 1 heterocycles. The summed E-state index contributed by atoms with van der Waals surface area (Å²) in [6.07, 6.45) is 2.58. The SMILES string of the molecule is COc1cc(CN2CCCC2C(C)C)ccc1C(=N)N. The predicted molar refractivity (Wildman–Crippen MR) is 82.3 cm³/mol. The Labute approximate surface area is 121 Å². The van der Waals surface area contributed by atoms with E-state index in [0.717, 1.165) is 6.54 Å². The van der Waals surface area contributed by atoms with Gasteiger partial charge in [-0.15, -0.1) is 0 Å². The highest BCUT2D eigenvalue weighted by Crippen LogP contribution is 2.27. The summed E-state index contributed by atoms with van der Waals surface area (Å²) in [5.41, 5.74) is 7.45. The van der Waals surface area contributed by atoms with Crippen LogP contribution in [-0.2, 0) is 6.54 Å². The van der Waals surface area contributed by atoms with Crippen molar-refractivity contribution in [1.29, 1.82) is 5.41 Å². The second-order valence-electron chi connectivity index (χ2n) is 5.87. The second kappa shape index (κ2) is 6.27. The number of nitrogens with two attached hydrogens (primary N) is 1. The Morgan fingerprint density at radius 3 is 2.85 bits per heavy atom. The maximum Gasteiger partial charge on any atom is 0.130 e. The van der Waals surface area contributed by atoms with E-state index < -0.39 is 0 Å². The number of hydrogen-bond donors (Lipinski definition) is 2. The molecule has 0 aromatic heterocycles. The van der Waals surface area contributed by atoms with Gasteiger partial charge in [-0.1, -0.05) is 19.9 Å². The zero-order chi connectivity index (χ0) is 14.7. The molecule has 20 heavy (non-hydrogen) atoms. The number of methoxy groups -OCH3 is 1. The van der Waals surface area contributed by atoms with Crippen molar-refractivity contribution in [2.45, 2.75) is 39.3 Å². The highest BCUT2D eigenvalue weighted by atomic mass is 16.5. The van der Waals surface area contributed by atoms with Crippen LogP contribution in [0.25, 0.3) is 0 Å². The largest absolute Gasteiger partial charge is 0.496 e. The van der Waals surface area contributed by atoms with Crippen molar-refractivity contribution in [3.05, 3.63) is 29.3 Å². The molecule has 1 atom stereocenters. The number of hydrogen-bond acceptors (Lipinski definition) is 3. The summed E-state index contributed by atoms with van der Waals surface area (Å²) >= 11 is 0. The fraction of sp³-hybridized carbons (Fsp3) is 0.562. The molecule has 0 amide bonds. The lowest BCUT2D eigenvalue weighted by Gasteiger charge is -2.27. The number of nitrogens with zero attached hydrogens (tertiary/aromatic N) is 1. The fourth-order valence-electron chi connectivity index (χ4n) is 3.09. The van der Waals surface area contributed by atoms with Crippen molar-refractivity contribution in [2.24, 2.45) is 11.7 Å². The predicted octanol–water partition coefficient (Wildman–Crippen LogP) is 2.60. The van der Waals surface area contributed by atoms with Gasteiger partial charge in [0.05, 0.1) is 12.7 Å². The van der Waals surface area contributed by atoms with E-state index in [-0.39, 0.29) is 5.84 Å². The van der Waals surface area contributed by atoms with Crippen molar-refractivity contribution >= 4 is 5.84 Å². The molecule has 1 aromatic rings. The van der Waals surface area contributed by atoms with Gasteiger partial charge in [-0.05, 0) is 43.0 Å². The molecule has 1 aliphatic heterocycles. The van der Waals surface area contributed by atoms with Crippen molar-refractivity contribution in [3.63, 3.8) is 0 Å². The number of likely N-dealkylation sites (tertiary alicyclic amines) is 1. The topological polar surface area (TPSA) is 62.3 Å². The van der Waals surface area contributed by atoms with Gasteiger partial charge in [-0.3, -0.25) is 10.3 Å². The van der Waals surface area contributed by atoms with Gasteiger partial charge in [0.25, 0.3) is 0 Å². The van der Waals surface area contributed by atoms with Crippen molar-refractivity contribution < 1.29 is 4.74 Å². The van der Waals surface area contributed by atoms with Crippen molar-refractivity contribution in [2.75, 3.05) is 13.7 Å². The third-order valence-electron chi connectivity index (χ3n) is 4.13. The first-order chi connectivity index (χ1) is 9.52. The number of benzene rings is 1. The minimum absolute atomic E-state index is 0.0506. The molecule has 3 N–H and O–H groups in total. The van der Waals surface area contributed by atoms with E-state index in [0.29, 0.717) is 23.3 Å². The third-order valence-corrected chi connectivity index (χ3v) is 4.13. The Hall–Kier alpha value is -1.55. The van der Waals surface area contributed by atoms with Crippen LogP contribution in [-0.4, -0.2) is 30.4 Å². The van der Waals surface area contributed by atoms with Crippen molar-refractivity contribution in [1.82, 2.24) is 4.90 Å². The lowest BCUT2D eigenvalue weighted by Crippen LogP contribution is -2.32. The molecule has 2 rings (SSSR count). The molecule has 0 bridgehead atoms. The second-order valence-corrected chi connectivity index (χ2v) is 5.87. The van der Waals surface area contributed by atoms with Crippen LogP contribution >= 0.6 is 0 Å². The minimum atomic E-state index is 0.0506. The number of nitrogens with one attached hydrogen (secondary N) is 1. The Bertz CT molecular complexity index is 485. The Balaban J connectivity index is 2.15. The maximum atomic E-state index is 7.55. The van der Waals surface area contributed by atoms with Gasteiger partial charge in [0.1, 0.15) is 11.6 Å². The van der Waals surface area contributed by atoms with Gasteiger partial charge < -0.3 is 10.5 Å². The first-order valence-electron chi connectivity index (χ1n) is 7.28. The van der Waals surface area contributed by atoms with Crippen LogP contribution in [0.5, 0.6) is 5.75 Å². The Morgan fingerprint density at radius 1 is 1.50 bits per heavy atom. The van der Waals surface area contributed by atoms with E-state index in [1.807, 2.05) is 12.1 Å². The number of nitrogen functional groups attached to an aromatic ring is 1. The summed E-state index contributed by atoms with van der Waals surface area (Å²) in [5.74, 6) is 1.43. The first kappa shape index (κ1) is 14.9. The van der Waals surface area contributed by atoms with Crippen LogP contribution < -0.4 is 10.5 Å². The molecule has 1 saturated heterocycles. The fourth-order valence-corrected chi connectivity index (χ4v) is 3.09. The van der Waals surface area contributed by atoms with Gasteiger partial charge in [0.15, 0.2) is 0 Å². The van der Waals surface area contributed by atoms with Crippen LogP contribution in [0.4, 0.5) is 0 Å². The van der Waals surface area contributed by atoms with Gasteiger partial charge >= 0.3 is 0 Å². The summed E-state index contributed by atoms with van der Waals surface area (Å²) in [6.45, 7) is 6.70. The molecular formula is C16H25N3O. The summed E-state index contributed by atoms with van der Waals surface area (Å²) in [7, 11) is 1.62. The average Bonchev–Trinajstić information content (AvgIpc) is 2.86. The van der Waals surface area contributed by atoms with Crippen LogP contribution in [0.15, 0.2) is 18.2 Å². The van der Waals surface area contributed by atoms with E-state index in [1.54, 1.807) is 7.11 Å². The molecule has 1 aliphatic rings. The van der Waals surface area contributed by atoms with E-state index in [1.165, 1.54) is 24.9 Å². The summed E-state index contributed by atoms with van der Waals surface area (Å²) in [6, 6.07) is 6.62. The standard InChI is InChI=1S/C16H25N3O/c1-11(2)14-5-4-8-19(14)10-12-6-7-13(16(17)18)15(9-12)20-3/h6-7,9,11,14H,4-5,8,10H2,1-3H3,(H3,17,18). The third kappa shape index (κ3) is 3.12. The summed E-state index contributed by atoms with van der Waals surface area (Å²) < 4.78 is 5.35. The van der Waals surface area contributed by atoms with E-state index in [2.05, 4.69) is 24.8 Å². The van der Waals surface area contributed by atoms with Crippen LogP contribution in [0.3, 0.4) is 0 Å². The highest BCUT2D eigenvalue weighted by molar-refractivity contribution is 5.97. The number of amidine groups is 1. The minimum Gasteiger partial charge on any atom is -0.496 e. The lowest BCUT2D eigenvalue weighted by atomic mass is 10.0. The van der Waals surface area contributed by atoms with Crippen molar-refractivity contribution in [3.8, 4) is 5.75 Å². The average molecular weight is 275 g/mol. The zero-order valence-corrected chi connectivity index (χ0v) is 12.6. The molecule has 0 spiro atoms. The molecule has 1 aromatic carbocycles. The molecule has 4 nitrogen and oxygen atoms in total. The first-order valence-corrected chi connectivity index (χ1v) is 7.28. The van der Waals surface area contributed by atoms with Crippen LogP contribution in [0.2, 0.25) is 0 Å².